The summed E-state index contributed by atoms with van der Waals surface area (Å²) in [7, 11) is 0. The van der Waals surface area contributed by atoms with Crippen LogP contribution in [0.1, 0.15) is 5.56 Å². The number of nitrogens with zero attached hydrogens (tertiary/aromatic N) is 3. The van der Waals surface area contributed by atoms with Crippen LogP contribution in [0.25, 0.3) is 77.2 Å². The summed E-state index contributed by atoms with van der Waals surface area (Å²) in [6, 6.07) is 60.3. The van der Waals surface area contributed by atoms with Crippen LogP contribution in [0.3, 0.4) is 0 Å². The Morgan fingerprint density at radius 3 is 1.57 bits per heavy atom. The summed E-state index contributed by atoms with van der Waals surface area (Å²) < 4.78 is 4.66. The van der Waals surface area contributed by atoms with E-state index in [0.717, 1.165) is 44.3 Å². The average molecular weight is 586 g/mol. The predicted octanol–water partition coefficient (Wildman–Crippen LogP) is 11.1. The third-order valence-corrected chi connectivity index (χ3v) is 9.13. The molecule has 7 aromatic carbocycles. The maximum Gasteiger partial charge on any atom is 0.0991 e. The molecule has 0 aliphatic heterocycles. The van der Waals surface area contributed by atoms with Crippen molar-refractivity contribution in [3.63, 3.8) is 0 Å². The van der Waals surface area contributed by atoms with Gasteiger partial charge in [0.1, 0.15) is 0 Å². The molecule has 0 bridgehead atoms. The smallest absolute Gasteiger partial charge is 0.0991 e. The second kappa shape index (κ2) is 10.4. The zero-order valence-electron chi connectivity index (χ0n) is 24.9. The number of aromatic nitrogens is 2. The summed E-state index contributed by atoms with van der Waals surface area (Å²) in [5.41, 5.74) is 12.2. The lowest BCUT2D eigenvalue weighted by atomic mass is 10.00. The normalized spacial score (nSPS) is 11.5. The second-order valence-electron chi connectivity index (χ2n) is 11.7. The maximum atomic E-state index is 9.71. The maximum absolute atomic E-state index is 9.71. The first-order chi connectivity index (χ1) is 22.8. The lowest BCUT2D eigenvalue weighted by Crippen LogP contribution is -1.94. The first kappa shape index (κ1) is 26.1. The van der Waals surface area contributed by atoms with Crippen LogP contribution in [-0.2, 0) is 0 Å². The van der Waals surface area contributed by atoms with E-state index in [2.05, 4.69) is 161 Å². The monoisotopic (exact) mass is 585 g/mol. The molecule has 2 heterocycles. The molecule has 3 heteroatoms. The SMILES string of the molecule is N#Cc1ccc2c(c1)c1cc(-c3ccc4c(c3)c3ccccc3n4-c3cccc(-c4ccccc4)c3)ccc1n2-c1ccccc1. The predicted molar refractivity (Wildman–Crippen MR) is 191 cm³/mol. The molecule has 0 N–H and O–H groups in total. The van der Waals surface area contributed by atoms with Gasteiger partial charge in [0.15, 0.2) is 0 Å². The van der Waals surface area contributed by atoms with Crippen LogP contribution in [0, 0.1) is 11.3 Å². The van der Waals surface area contributed by atoms with Crippen LogP contribution >= 0.6 is 0 Å². The fourth-order valence-electron chi connectivity index (χ4n) is 7.01. The number of rotatable bonds is 4. The van der Waals surface area contributed by atoms with Crippen molar-refractivity contribution in [2.45, 2.75) is 0 Å². The highest BCUT2D eigenvalue weighted by Crippen LogP contribution is 2.38. The average Bonchev–Trinajstić information content (AvgIpc) is 3.64. The van der Waals surface area contributed by atoms with E-state index >= 15 is 0 Å². The third kappa shape index (κ3) is 4.05. The van der Waals surface area contributed by atoms with Crippen molar-refractivity contribution in [3.8, 4) is 39.7 Å². The Labute approximate surface area is 266 Å². The van der Waals surface area contributed by atoms with Crippen molar-refractivity contribution in [2.75, 3.05) is 0 Å². The Balaban J connectivity index is 1.24. The minimum absolute atomic E-state index is 0.663. The number of para-hydroxylation sites is 2. The molecule has 0 fully saturated rings. The summed E-state index contributed by atoms with van der Waals surface area (Å²) in [5.74, 6) is 0. The minimum atomic E-state index is 0.663. The summed E-state index contributed by atoms with van der Waals surface area (Å²) in [5, 5.41) is 14.4. The number of benzene rings is 7. The van der Waals surface area contributed by atoms with Gasteiger partial charge in [-0.25, -0.2) is 0 Å². The highest BCUT2D eigenvalue weighted by atomic mass is 15.0. The zero-order chi connectivity index (χ0) is 30.6. The van der Waals surface area contributed by atoms with Crippen molar-refractivity contribution in [2.24, 2.45) is 0 Å². The van der Waals surface area contributed by atoms with E-state index in [4.69, 9.17) is 0 Å². The van der Waals surface area contributed by atoms with Gasteiger partial charge in [0, 0.05) is 32.9 Å². The van der Waals surface area contributed by atoms with E-state index in [1.165, 1.54) is 32.9 Å². The molecule has 0 saturated heterocycles. The number of hydrogen-bond donors (Lipinski definition) is 0. The van der Waals surface area contributed by atoms with Gasteiger partial charge in [-0.15, -0.1) is 0 Å². The Bertz CT molecular complexity index is 2630. The molecule has 0 spiro atoms. The molecule has 2 aromatic heterocycles. The van der Waals surface area contributed by atoms with Crippen molar-refractivity contribution in [3.05, 3.63) is 169 Å². The summed E-state index contributed by atoms with van der Waals surface area (Å²) in [6.45, 7) is 0. The van der Waals surface area contributed by atoms with E-state index in [1.807, 2.05) is 18.2 Å². The van der Waals surface area contributed by atoms with Gasteiger partial charge < -0.3 is 9.13 Å². The molecule has 214 valence electrons. The van der Waals surface area contributed by atoms with Crippen LogP contribution in [-0.4, -0.2) is 9.13 Å². The number of nitriles is 1. The largest absolute Gasteiger partial charge is 0.309 e. The summed E-state index contributed by atoms with van der Waals surface area (Å²) in [6.07, 6.45) is 0. The van der Waals surface area contributed by atoms with Gasteiger partial charge >= 0.3 is 0 Å². The quantitative estimate of drug-likeness (QED) is 0.202. The van der Waals surface area contributed by atoms with Crippen LogP contribution in [0.4, 0.5) is 0 Å². The van der Waals surface area contributed by atoms with Crippen LogP contribution in [0.15, 0.2) is 164 Å². The molecule has 9 rings (SSSR count). The molecule has 0 unspecified atom stereocenters. The molecule has 0 radical (unpaired) electrons. The molecule has 0 aliphatic rings. The van der Waals surface area contributed by atoms with E-state index < -0.39 is 0 Å². The Kier molecular flexibility index (Phi) is 5.88. The zero-order valence-corrected chi connectivity index (χ0v) is 24.9. The van der Waals surface area contributed by atoms with Gasteiger partial charge in [0.05, 0.1) is 33.7 Å². The Morgan fingerprint density at radius 2 is 0.848 bits per heavy atom. The fourth-order valence-corrected chi connectivity index (χ4v) is 7.01. The van der Waals surface area contributed by atoms with Gasteiger partial charge in [0.25, 0.3) is 0 Å². The molecule has 46 heavy (non-hydrogen) atoms. The summed E-state index contributed by atoms with van der Waals surface area (Å²) in [4.78, 5) is 0. The molecule has 0 atom stereocenters. The van der Waals surface area contributed by atoms with Crippen molar-refractivity contribution in [1.82, 2.24) is 9.13 Å². The van der Waals surface area contributed by atoms with Gasteiger partial charge in [0.2, 0.25) is 0 Å². The Morgan fingerprint density at radius 1 is 0.348 bits per heavy atom. The highest BCUT2D eigenvalue weighted by Gasteiger charge is 2.16. The van der Waals surface area contributed by atoms with E-state index in [1.54, 1.807) is 0 Å². The van der Waals surface area contributed by atoms with Gasteiger partial charge in [-0.2, -0.15) is 5.26 Å². The lowest BCUT2D eigenvalue weighted by Gasteiger charge is -2.11. The molecule has 9 aromatic rings. The van der Waals surface area contributed by atoms with Crippen molar-refractivity contribution < 1.29 is 0 Å². The van der Waals surface area contributed by atoms with E-state index in [0.29, 0.717) is 5.56 Å². The minimum Gasteiger partial charge on any atom is -0.309 e. The molecule has 0 aliphatic carbocycles. The topological polar surface area (TPSA) is 33.6 Å². The fraction of sp³-hybridized carbons (Fsp3) is 0. The third-order valence-electron chi connectivity index (χ3n) is 9.13. The van der Waals surface area contributed by atoms with Crippen molar-refractivity contribution in [1.29, 1.82) is 5.26 Å². The van der Waals surface area contributed by atoms with E-state index in [9.17, 15) is 5.26 Å². The van der Waals surface area contributed by atoms with Crippen LogP contribution < -0.4 is 0 Å². The lowest BCUT2D eigenvalue weighted by molar-refractivity contribution is 1.18. The standard InChI is InChI=1S/C43H27N3/c44-28-29-18-21-41-37(24-29)39-27-33(20-23-43(39)45(41)34-13-5-2-6-14-34)32-19-22-42-38(26-32)36-16-7-8-17-40(36)46(42)35-15-9-12-31(25-35)30-10-3-1-4-11-30/h1-27H. The first-order valence-corrected chi connectivity index (χ1v) is 15.5. The van der Waals surface area contributed by atoms with Crippen LogP contribution in [0.5, 0.6) is 0 Å². The summed E-state index contributed by atoms with van der Waals surface area (Å²) >= 11 is 0. The van der Waals surface area contributed by atoms with Gasteiger partial charge in [-0.1, -0.05) is 91.0 Å². The molecular formula is C43H27N3. The van der Waals surface area contributed by atoms with Gasteiger partial charge in [-0.3, -0.25) is 0 Å². The Hall–Kier alpha value is -6.37. The second-order valence-corrected chi connectivity index (χ2v) is 11.7. The van der Waals surface area contributed by atoms with Gasteiger partial charge in [-0.05, 0) is 95.1 Å². The van der Waals surface area contributed by atoms with Crippen molar-refractivity contribution >= 4 is 43.6 Å². The molecule has 0 amide bonds. The highest BCUT2D eigenvalue weighted by molar-refractivity contribution is 6.13. The van der Waals surface area contributed by atoms with Crippen LogP contribution in [0.2, 0.25) is 0 Å². The molecule has 3 nitrogen and oxygen atoms in total. The first-order valence-electron chi connectivity index (χ1n) is 15.5. The number of fused-ring (bicyclic) bond motifs is 6. The molecular weight excluding hydrogens is 558 g/mol. The number of hydrogen-bond acceptors (Lipinski definition) is 1. The molecule has 0 saturated carbocycles. The van der Waals surface area contributed by atoms with E-state index in [-0.39, 0.29) is 0 Å².